The smallest absolute Gasteiger partial charge is 0.337 e. The maximum Gasteiger partial charge on any atom is 0.337 e. The molecule has 64 heavy (non-hydrogen) atoms. The van der Waals surface area contributed by atoms with Gasteiger partial charge in [-0.1, -0.05) is 0 Å². The number of carboxylic acid groups (broad SMARTS) is 1. The highest BCUT2D eigenvalue weighted by Crippen LogP contribution is 2.25. The van der Waals surface area contributed by atoms with E-state index in [4.69, 9.17) is 37.8 Å². The lowest BCUT2D eigenvalue weighted by Crippen LogP contribution is -2.09. The lowest BCUT2D eigenvalue weighted by molar-refractivity contribution is -0.154. The molecule has 0 spiro atoms. The Morgan fingerprint density at radius 1 is 0.797 bits per heavy atom. The van der Waals surface area contributed by atoms with Gasteiger partial charge in [-0.25, -0.2) is 23.5 Å². The van der Waals surface area contributed by atoms with Gasteiger partial charge in [0.25, 0.3) is 0 Å². The third-order valence-corrected chi connectivity index (χ3v) is 8.23. The van der Waals surface area contributed by atoms with Crippen molar-refractivity contribution in [3.63, 3.8) is 0 Å². The van der Waals surface area contributed by atoms with Crippen molar-refractivity contribution in [3.8, 4) is 0 Å². The molecule has 0 aliphatic rings. The van der Waals surface area contributed by atoms with E-state index in [0.717, 1.165) is 6.07 Å². The summed E-state index contributed by atoms with van der Waals surface area (Å²) < 4.78 is 44.7. The van der Waals surface area contributed by atoms with E-state index >= 15 is 0 Å². The second-order valence-corrected chi connectivity index (χ2v) is 13.0. The van der Waals surface area contributed by atoms with Gasteiger partial charge in [-0.15, -0.1) is 0 Å². The predicted octanol–water partition coefficient (Wildman–Crippen LogP) is 2.85. The Balaban J connectivity index is 0.000000458. The van der Waals surface area contributed by atoms with Crippen LogP contribution in [0.3, 0.4) is 0 Å². The standard InChI is InChI=1S/C19H20F2N2O3.2C8H10N4O.C5H11O6P/c1-22-17-7-11(15(20)6-13(17)10-24)4-3-5-12-8-18(23-2)14(19(25)26)9-16(12)21;2*9-7(5-13)1-2-8(10)12-4-3-11-6-12;1-9-4-10-5(6)2-3-11-12(7)8/h6-10,22-23H,3-5H2,1-2H3,(H,25,26);2*1-6H,9-10H2;7-8H,2-4H2,1H3/b;2*7-1-,8-2+;. The summed E-state index contributed by atoms with van der Waals surface area (Å²) in [5.41, 5.74) is 23.7. The van der Waals surface area contributed by atoms with Gasteiger partial charge < -0.3 is 62.5 Å². The van der Waals surface area contributed by atoms with E-state index in [-0.39, 0.29) is 42.3 Å². The van der Waals surface area contributed by atoms with Crippen LogP contribution >= 0.6 is 8.60 Å². The summed E-state index contributed by atoms with van der Waals surface area (Å²) in [4.78, 5) is 77.1. The van der Waals surface area contributed by atoms with Crippen LogP contribution in [0, 0.1) is 11.6 Å². The van der Waals surface area contributed by atoms with Gasteiger partial charge in [0, 0.05) is 62.9 Å². The Bertz CT molecular complexity index is 2150. The molecule has 4 rings (SSSR count). The van der Waals surface area contributed by atoms with Crippen molar-refractivity contribution >= 4 is 62.4 Å². The number of imidazole rings is 2. The number of esters is 1. The van der Waals surface area contributed by atoms with Crippen molar-refractivity contribution in [1.29, 1.82) is 0 Å². The SMILES string of the molecule is CNc1cc(CCCc2cc(NC)c(C(=O)O)cc2F)c(F)cc1C=O.COCOC(=O)CCOP(O)O.N/C(C=O)=C\C=C(/N)n1ccnc1.N/C(C=O)=C\C=C(/N)n1ccnc1. The van der Waals surface area contributed by atoms with Crippen LogP contribution < -0.4 is 33.6 Å². The molecule has 0 aliphatic carbocycles. The first-order chi connectivity index (χ1) is 30.5. The van der Waals surface area contributed by atoms with Crippen molar-refractivity contribution in [1.82, 2.24) is 19.1 Å². The summed E-state index contributed by atoms with van der Waals surface area (Å²) in [6.07, 6.45) is 18.4. The highest BCUT2D eigenvalue weighted by Gasteiger charge is 2.15. The summed E-state index contributed by atoms with van der Waals surface area (Å²) in [7, 11) is 2.21. The molecule has 2 aromatic heterocycles. The zero-order valence-corrected chi connectivity index (χ0v) is 35.9. The van der Waals surface area contributed by atoms with E-state index in [1.807, 2.05) is 0 Å². The molecule has 346 valence electrons. The number of carbonyl (C=O) groups is 5. The lowest BCUT2D eigenvalue weighted by atomic mass is 9.99. The monoisotopic (exact) mass is 916 g/mol. The summed E-state index contributed by atoms with van der Waals surface area (Å²) in [5, 5.41) is 14.7. The second kappa shape index (κ2) is 30.7. The van der Waals surface area contributed by atoms with Crippen molar-refractivity contribution < 1.29 is 61.6 Å². The van der Waals surface area contributed by atoms with Gasteiger partial charge in [-0.05, 0) is 79.0 Å². The molecule has 2 heterocycles. The number of methoxy groups -OCH3 is 1. The molecule has 0 fully saturated rings. The number of aldehydes is 3. The topological polar surface area (TPSA) is 338 Å². The third-order valence-electron chi connectivity index (χ3n) is 7.81. The van der Waals surface area contributed by atoms with Gasteiger partial charge in [0.2, 0.25) is 0 Å². The van der Waals surface area contributed by atoms with Crippen molar-refractivity contribution in [2.75, 3.05) is 45.2 Å². The molecule has 0 amide bonds. The average Bonchev–Trinajstić information content (AvgIpc) is 4.04. The number of anilines is 2. The Hall–Kier alpha value is -7.30. The normalized spacial score (nSPS) is 11.4. The minimum absolute atomic E-state index is 0.0245. The number of aromatic carboxylic acids is 1. The van der Waals surface area contributed by atoms with Gasteiger partial charge in [-0.3, -0.25) is 28.3 Å². The van der Waals surface area contributed by atoms with E-state index in [1.54, 1.807) is 66.7 Å². The maximum absolute atomic E-state index is 14.1. The number of allylic oxidation sites excluding steroid dienone is 6. The number of carboxylic acids is 1. The minimum atomic E-state index is -2.38. The number of nitrogens with one attached hydrogen (secondary N) is 2. The fourth-order valence-electron chi connectivity index (χ4n) is 4.65. The molecule has 2 aromatic carbocycles. The van der Waals surface area contributed by atoms with Crippen molar-refractivity contribution in [2.24, 2.45) is 22.9 Å². The molecule has 13 N–H and O–H groups in total. The molecular weight excluding hydrogens is 865 g/mol. The third kappa shape index (κ3) is 21.0. The fraction of sp³-hybridized carbons (Fsp3) is 0.225. The van der Waals surface area contributed by atoms with Gasteiger partial charge in [-0.2, -0.15) is 0 Å². The predicted molar refractivity (Wildman–Crippen MR) is 234 cm³/mol. The number of nitrogens with zero attached hydrogens (tertiary/aromatic N) is 4. The first kappa shape index (κ1) is 54.7. The zero-order chi connectivity index (χ0) is 48.0. The van der Waals surface area contributed by atoms with Crippen LogP contribution in [0.1, 0.15) is 44.7 Å². The van der Waals surface area contributed by atoms with E-state index in [1.165, 1.54) is 43.5 Å². The van der Waals surface area contributed by atoms with E-state index in [9.17, 15) is 32.8 Å². The number of hydrogen-bond acceptors (Lipinski definition) is 18. The molecule has 0 radical (unpaired) electrons. The number of halogens is 2. The highest BCUT2D eigenvalue weighted by atomic mass is 31.2. The largest absolute Gasteiger partial charge is 0.478 e. The summed E-state index contributed by atoms with van der Waals surface area (Å²) >= 11 is 0. The average molecular weight is 917 g/mol. The van der Waals surface area contributed by atoms with Crippen LogP contribution in [0.25, 0.3) is 11.6 Å². The number of hydrogen-bond donors (Lipinski definition) is 9. The first-order valence-corrected chi connectivity index (χ1v) is 19.6. The molecule has 4 aromatic rings. The van der Waals surface area contributed by atoms with Crippen LogP contribution in [0.15, 0.2) is 97.4 Å². The number of aromatic nitrogens is 4. The van der Waals surface area contributed by atoms with Crippen LogP contribution in [-0.2, 0) is 41.2 Å². The molecular formula is C40H51F2N10O11P. The molecule has 21 nitrogen and oxygen atoms in total. The zero-order valence-electron chi connectivity index (χ0n) is 35.0. The van der Waals surface area contributed by atoms with Crippen LogP contribution in [0.4, 0.5) is 20.2 Å². The minimum Gasteiger partial charge on any atom is -0.478 e. The molecule has 0 unspecified atom stereocenters. The molecule has 0 atom stereocenters. The van der Waals surface area contributed by atoms with Crippen LogP contribution in [-0.4, -0.2) is 99.4 Å². The van der Waals surface area contributed by atoms with Gasteiger partial charge in [0.15, 0.2) is 25.7 Å². The second-order valence-electron chi connectivity index (χ2n) is 12.2. The summed E-state index contributed by atoms with van der Waals surface area (Å²) in [6, 6.07) is 5.20. The Kier molecular flexibility index (Phi) is 26.2. The summed E-state index contributed by atoms with van der Waals surface area (Å²) in [5.74, 6) is -1.91. The molecule has 24 heteroatoms. The van der Waals surface area contributed by atoms with Crippen LogP contribution in [0.2, 0.25) is 0 Å². The van der Waals surface area contributed by atoms with Gasteiger partial charge in [0.1, 0.15) is 35.9 Å². The van der Waals surface area contributed by atoms with Crippen molar-refractivity contribution in [2.45, 2.75) is 25.7 Å². The quantitative estimate of drug-likeness (QED) is 0.0154. The van der Waals surface area contributed by atoms with E-state index in [2.05, 4.69) is 34.6 Å². The molecule has 0 saturated heterocycles. The first-order valence-electron chi connectivity index (χ1n) is 18.4. The Morgan fingerprint density at radius 2 is 1.30 bits per heavy atom. The van der Waals surface area contributed by atoms with Crippen molar-refractivity contribution in [3.05, 3.63) is 131 Å². The van der Waals surface area contributed by atoms with E-state index < -0.39 is 32.2 Å². The number of carbonyl (C=O) groups excluding carboxylic acids is 4. The number of nitrogens with two attached hydrogens (primary N) is 4. The highest BCUT2D eigenvalue weighted by molar-refractivity contribution is 7.39. The Labute approximate surface area is 367 Å². The fourth-order valence-corrected chi connectivity index (χ4v) is 4.90. The summed E-state index contributed by atoms with van der Waals surface area (Å²) in [6.45, 7) is -0.174. The van der Waals surface area contributed by atoms with E-state index in [0.29, 0.717) is 72.3 Å². The molecule has 0 aliphatic heterocycles. The van der Waals surface area contributed by atoms with Gasteiger partial charge >= 0.3 is 20.5 Å². The molecule has 0 saturated carbocycles. The van der Waals surface area contributed by atoms with Gasteiger partial charge in [0.05, 0.1) is 30.0 Å². The molecule has 0 bridgehead atoms. The number of ether oxygens (including phenoxy) is 2. The maximum atomic E-state index is 14.1. The number of aryl methyl sites for hydroxylation is 2. The number of benzene rings is 2. The number of rotatable bonds is 20. The lowest BCUT2D eigenvalue weighted by Gasteiger charge is -2.11. The Morgan fingerprint density at radius 3 is 1.70 bits per heavy atom. The van der Waals surface area contributed by atoms with Crippen LogP contribution in [0.5, 0.6) is 0 Å².